The first-order valence-corrected chi connectivity index (χ1v) is 12.4. The molecule has 174 valence electrons. The fourth-order valence-corrected chi connectivity index (χ4v) is 6.08. The minimum atomic E-state index is -0.731. The highest BCUT2D eigenvalue weighted by Gasteiger charge is 2.40. The molecular weight excluding hydrogens is 440 g/mol. The van der Waals surface area contributed by atoms with E-state index in [1.165, 1.54) is 27.6 Å². The fraction of sp³-hybridized carbons (Fsp3) is 0.118. The molecule has 0 saturated heterocycles. The maximum absolute atomic E-state index is 7.30. The Kier molecular flexibility index (Phi) is 4.59. The van der Waals surface area contributed by atoms with Gasteiger partial charge in [-0.15, -0.1) is 0 Å². The summed E-state index contributed by atoms with van der Waals surface area (Å²) in [6.45, 7) is 2.11. The third-order valence-electron chi connectivity index (χ3n) is 7.73. The Labute approximate surface area is 211 Å². The van der Waals surface area contributed by atoms with Gasteiger partial charge in [0, 0.05) is 27.6 Å². The van der Waals surface area contributed by atoms with Gasteiger partial charge in [-0.25, -0.2) is 0 Å². The molecule has 0 amide bonds. The zero-order valence-electron chi connectivity index (χ0n) is 20.4. The highest BCUT2D eigenvalue weighted by Crippen LogP contribution is 2.55. The Bertz CT molecular complexity index is 1620. The number of aryl methyl sites for hydroxylation is 1. The Morgan fingerprint density at radius 2 is 1.44 bits per heavy atom. The van der Waals surface area contributed by atoms with Crippen LogP contribution in [0.2, 0.25) is 0 Å². The van der Waals surface area contributed by atoms with Crippen LogP contribution in [0.15, 0.2) is 103 Å². The van der Waals surface area contributed by atoms with Crippen LogP contribution >= 0.6 is 0 Å². The molecule has 5 aromatic carbocycles. The normalized spacial score (nSPS) is 14.6. The van der Waals surface area contributed by atoms with E-state index in [1.54, 1.807) is 7.11 Å². The van der Waals surface area contributed by atoms with E-state index in [1.807, 2.05) is 0 Å². The summed E-state index contributed by atoms with van der Waals surface area (Å²) in [6.07, 6.45) is 5.36. The van der Waals surface area contributed by atoms with Gasteiger partial charge in [0.15, 0.2) is 5.60 Å². The molecule has 0 fully saturated rings. The van der Waals surface area contributed by atoms with Crippen molar-refractivity contribution in [1.29, 1.82) is 0 Å². The van der Waals surface area contributed by atoms with Crippen LogP contribution in [0, 0.1) is 6.92 Å². The highest BCUT2D eigenvalue weighted by molar-refractivity contribution is 6.07. The van der Waals surface area contributed by atoms with Crippen molar-refractivity contribution in [3.63, 3.8) is 0 Å². The maximum atomic E-state index is 7.30. The van der Waals surface area contributed by atoms with Crippen LogP contribution in [0.5, 0.6) is 11.5 Å². The first kappa shape index (κ1) is 21.0. The second-order valence-electron chi connectivity index (χ2n) is 9.67. The number of ether oxygens (including phenoxy) is 2. The van der Waals surface area contributed by atoms with Crippen LogP contribution in [-0.2, 0) is 12.0 Å². The summed E-state index contributed by atoms with van der Waals surface area (Å²) in [6, 6.07) is 34.2. The molecular formula is C34H26O2. The number of methoxy groups -OCH3 is 1. The smallest absolute Gasteiger partial charge is 0.178 e. The predicted octanol–water partition coefficient (Wildman–Crippen LogP) is 8.08. The van der Waals surface area contributed by atoms with Crippen molar-refractivity contribution in [2.45, 2.75) is 18.9 Å². The molecule has 0 radical (unpaired) electrons. The van der Waals surface area contributed by atoms with Crippen molar-refractivity contribution in [3.8, 4) is 22.6 Å². The molecule has 7 rings (SSSR count). The topological polar surface area (TPSA) is 18.5 Å². The molecule has 1 aliphatic carbocycles. The lowest BCUT2D eigenvalue weighted by Gasteiger charge is -2.37. The van der Waals surface area contributed by atoms with Crippen molar-refractivity contribution in [2.75, 3.05) is 7.11 Å². The molecule has 1 heterocycles. The number of hydrogen-bond acceptors (Lipinski definition) is 2. The summed E-state index contributed by atoms with van der Waals surface area (Å²) in [5, 5.41) is 2.37. The second kappa shape index (κ2) is 7.86. The van der Waals surface area contributed by atoms with E-state index >= 15 is 0 Å². The van der Waals surface area contributed by atoms with Crippen molar-refractivity contribution >= 4 is 16.8 Å². The minimum absolute atomic E-state index is 0.731. The van der Waals surface area contributed by atoms with Crippen LogP contribution in [0.25, 0.3) is 28.0 Å². The number of benzene rings is 5. The largest absolute Gasteiger partial charge is 0.496 e. The standard InChI is InChI=1S/C34H26O2/c1-22-17-18-27-29-21-23-11-9-10-16-26(23)30(29)33-28(31(27)32(22)35-2)19-20-34(36-33,24-12-5-3-6-13-24)25-14-7-4-8-15-25/h3-20H,21H2,1-2H3. The van der Waals surface area contributed by atoms with E-state index in [0.717, 1.165) is 45.6 Å². The van der Waals surface area contributed by atoms with Crippen molar-refractivity contribution in [3.05, 3.63) is 137 Å². The fourth-order valence-electron chi connectivity index (χ4n) is 6.08. The number of rotatable bonds is 3. The van der Waals surface area contributed by atoms with E-state index in [-0.39, 0.29) is 0 Å². The lowest BCUT2D eigenvalue weighted by molar-refractivity contribution is 0.162. The van der Waals surface area contributed by atoms with Gasteiger partial charge in [0.05, 0.1) is 7.11 Å². The molecule has 0 atom stereocenters. The molecule has 0 bridgehead atoms. The number of hydrogen-bond donors (Lipinski definition) is 0. The van der Waals surface area contributed by atoms with Gasteiger partial charge < -0.3 is 9.47 Å². The van der Waals surface area contributed by atoms with Gasteiger partial charge in [-0.3, -0.25) is 0 Å². The molecule has 2 nitrogen and oxygen atoms in total. The molecule has 0 N–H and O–H groups in total. The van der Waals surface area contributed by atoms with Crippen LogP contribution in [0.4, 0.5) is 0 Å². The van der Waals surface area contributed by atoms with E-state index in [0.29, 0.717) is 0 Å². The summed E-state index contributed by atoms with van der Waals surface area (Å²) in [4.78, 5) is 0. The molecule has 36 heavy (non-hydrogen) atoms. The van der Waals surface area contributed by atoms with Crippen LogP contribution in [-0.4, -0.2) is 7.11 Å². The second-order valence-corrected chi connectivity index (χ2v) is 9.67. The van der Waals surface area contributed by atoms with Gasteiger partial charge in [-0.1, -0.05) is 97.1 Å². The van der Waals surface area contributed by atoms with Gasteiger partial charge in [0.25, 0.3) is 0 Å². The maximum Gasteiger partial charge on any atom is 0.178 e. The van der Waals surface area contributed by atoms with Gasteiger partial charge in [0.2, 0.25) is 0 Å². The lowest BCUT2D eigenvalue weighted by Crippen LogP contribution is -2.34. The highest BCUT2D eigenvalue weighted by atomic mass is 16.5. The van der Waals surface area contributed by atoms with E-state index < -0.39 is 5.60 Å². The molecule has 0 aromatic heterocycles. The van der Waals surface area contributed by atoms with Gasteiger partial charge in [0.1, 0.15) is 11.5 Å². The average molecular weight is 467 g/mol. The molecule has 0 spiro atoms. The lowest BCUT2D eigenvalue weighted by atomic mass is 9.81. The summed E-state index contributed by atoms with van der Waals surface area (Å²) < 4.78 is 13.3. The minimum Gasteiger partial charge on any atom is -0.496 e. The van der Waals surface area contributed by atoms with Crippen LogP contribution < -0.4 is 9.47 Å². The molecule has 2 aliphatic rings. The Morgan fingerprint density at radius 3 is 2.14 bits per heavy atom. The summed E-state index contributed by atoms with van der Waals surface area (Å²) in [5.41, 5.74) is 8.81. The Hall–Kier alpha value is -4.30. The number of fused-ring (bicyclic) bond motifs is 8. The summed E-state index contributed by atoms with van der Waals surface area (Å²) in [7, 11) is 1.77. The van der Waals surface area contributed by atoms with Crippen LogP contribution in [0.3, 0.4) is 0 Å². The quantitative estimate of drug-likeness (QED) is 0.262. The van der Waals surface area contributed by atoms with Gasteiger partial charge in [-0.2, -0.15) is 0 Å². The van der Waals surface area contributed by atoms with Crippen LogP contribution in [0.1, 0.15) is 33.4 Å². The van der Waals surface area contributed by atoms with Crippen molar-refractivity contribution < 1.29 is 9.47 Å². The van der Waals surface area contributed by atoms with Gasteiger partial charge >= 0.3 is 0 Å². The van der Waals surface area contributed by atoms with E-state index in [4.69, 9.17) is 9.47 Å². The first-order chi connectivity index (χ1) is 17.7. The zero-order valence-corrected chi connectivity index (χ0v) is 20.4. The first-order valence-electron chi connectivity index (χ1n) is 12.4. The molecule has 0 saturated carbocycles. The third-order valence-corrected chi connectivity index (χ3v) is 7.73. The monoisotopic (exact) mass is 466 g/mol. The van der Waals surface area contributed by atoms with E-state index in [2.05, 4.69) is 116 Å². The summed E-state index contributed by atoms with van der Waals surface area (Å²) >= 11 is 0. The average Bonchev–Trinajstić information content (AvgIpc) is 3.34. The molecule has 0 unspecified atom stereocenters. The molecule has 1 aliphatic heterocycles. The van der Waals surface area contributed by atoms with Crippen molar-refractivity contribution in [2.24, 2.45) is 0 Å². The summed E-state index contributed by atoms with van der Waals surface area (Å²) in [5.74, 6) is 1.85. The van der Waals surface area contributed by atoms with Crippen molar-refractivity contribution in [1.82, 2.24) is 0 Å². The third kappa shape index (κ3) is 2.85. The Morgan fingerprint density at radius 1 is 0.778 bits per heavy atom. The predicted molar refractivity (Wildman–Crippen MR) is 147 cm³/mol. The molecule has 2 heteroatoms. The Balaban J connectivity index is 1.60. The van der Waals surface area contributed by atoms with Gasteiger partial charge in [-0.05, 0) is 53.1 Å². The molecule has 5 aromatic rings. The van der Waals surface area contributed by atoms with E-state index in [9.17, 15) is 0 Å². The SMILES string of the molecule is COc1c(C)ccc2c3c(c4c(c12)C=CC(c1ccccc1)(c1ccccc1)O4)-c1ccccc1C3. The zero-order chi connectivity index (χ0) is 24.3.